The van der Waals surface area contributed by atoms with Gasteiger partial charge in [-0.05, 0) is 58.7 Å². The van der Waals surface area contributed by atoms with E-state index in [0.717, 1.165) is 71.4 Å². The van der Waals surface area contributed by atoms with E-state index in [1.165, 1.54) is 11.1 Å². The van der Waals surface area contributed by atoms with E-state index < -0.39 is 0 Å². The van der Waals surface area contributed by atoms with Crippen LogP contribution in [0.15, 0.2) is 188 Å². The maximum atomic E-state index is 5.36. The third-order valence-corrected chi connectivity index (χ3v) is 10.6. The van der Waals surface area contributed by atoms with Crippen molar-refractivity contribution in [3.8, 4) is 56.7 Å². The molecule has 57 heavy (non-hydrogen) atoms. The van der Waals surface area contributed by atoms with E-state index in [4.69, 9.17) is 15.0 Å². The molecular weight excluding hydrogens is 921 g/mol. The Labute approximate surface area is 353 Å². The van der Waals surface area contributed by atoms with E-state index in [1.807, 2.05) is 30.3 Å². The van der Waals surface area contributed by atoms with E-state index in [0.29, 0.717) is 17.7 Å². The summed E-state index contributed by atoms with van der Waals surface area (Å²) in [5.41, 5.74) is 11.5. The first-order valence-electron chi connectivity index (χ1n) is 18.7. The molecule has 5 nitrogen and oxygen atoms in total. The molecule has 0 amide bonds. The molecule has 0 saturated heterocycles. The van der Waals surface area contributed by atoms with Crippen LogP contribution in [-0.2, 0) is 0 Å². The largest absolute Gasteiger partial charge is 2.00 e. The van der Waals surface area contributed by atoms with Crippen molar-refractivity contribution in [3.63, 3.8) is 0 Å². The average Bonchev–Trinajstić information content (AvgIpc) is 3.79. The number of hydrogen-bond acceptors (Lipinski definition) is 3. The van der Waals surface area contributed by atoms with Gasteiger partial charge in [-0.2, -0.15) is 41.4 Å². The van der Waals surface area contributed by atoms with Crippen LogP contribution in [-0.4, -0.2) is 24.1 Å². The van der Waals surface area contributed by atoms with Gasteiger partial charge in [-0.3, -0.25) is 9.13 Å². The third kappa shape index (κ3) is 6.06. The summed E-state index contributed by atoms with van der Waals surface area (Å²) in [6.45, 7) is 0. The molecule has 0 aliphatic rings. The number of rotatable bonds is 6. The molecule has 11 rings (SSSR count). The average molecular weight is 952 g/mol. The topological polar surface area (TPSA) is 48.5 Å². The first-order chi connectivity index (χ1) is 27.8. The summed E-state index contributed by atoms with van der Waals surface area (Å²) >= 11 is 0. The summed E-state index contributed by atoms with van der Waals surface area (Å²) in [6.07, 6.45) is 0. The maximum absolute atomic E-state index is 5.36. The van der Waals surface area contributed by atoms with Crippen LogP contribution in [0.2, 0.25) is 0 Å². The van der Waals surface area contributed by atoms with Crippen molar-refractivity contribution < 1.29 is 31.1 Å². The molecule has 8 aromatic carbocycles. The molecule has 11 aromatic rings. The number of nitrogens with zero attached hydrogens (tertiary/aromatic N) is 5. The van der Waals surface area contributed by atoms with Gasteiger partial charge in [0.15, 0.2) is 0 Å². The van der Waals surface area contributed by atoms with Crippen LogP contribution < -0.4 is 0 Å². The minimum atomic E-state index is 0. The van der Waals surface area contributed by atoms with Crippen LogP contribution >= 0.6 is 0 Å². The van der Waals surface area contributed by atoms with Crippen LogP contribution in [0, 0.1) is 43.2 Å². The zero-order chi connectivity index (χ0) is 37.0. The first kappa shape index (κ1) is 34.9. The first-order valence-corrected chi connectivity index (χ1v) is 18.7. The molecule has 0 atom stereocenters. The SMILES string of the molecule is [U+2].[c-]1ccccc1-c1[c-]cc(-c2nc(-n3c4ccccc4c4cc(-c5ccccc5)ccc43)nc(-n3c4ccccc4c4cc(-c5ccccc5)ccc43)n2)cc1. The van der Waals surface area contributed by atoms with E-state index in [2.05, 4.69) is 179 Å². The molecule has 0 aliphatic heterocycles. The van der Waals surface area contributed by atoms with Gasteiger partial charge < -0.3 is 0 Å². The number of para-hydroxylation sites is 2. The maximum Gasteiger partial charge on any atom is 2.00 e. The molecule has 0 saturated carbocycles. The molecular formula is C51H31N5U. The van der Waals surface area contributed by atoms with Crippen molar-refractivity contribution in [1.82, 2.24) is 24.1 Å². The van der Waals surface area contributed by atoms with E-state index in [9.17, 15) is 0 Å². The van der Waals surface area contributed by atoms with Gasteiger partial charge in [0.2, 0.25) is 11.9 Å². The minimum Gasteiger partial charge on any atom is -0.278 e. The van der Waals surface area contributed by atoms with E-state index >= 15 is 0 Å². The molecule has 0 radical (unpaired) electrons. The van der Waals surface area contributed by atoms with E-state index in [-0.39, 0.29) is 31.1 Å². The van der Waals surface area contributed by atoms with Crippen LogP contribution in [0.5, 0.6) is 0 Å². The molecule has 264 valence electrons. The fourth-order valence-corrected chi connectivity index (χ4v) is 7.97. The van der Waals surface area contributed by atoms with Crippen molar-refractivity contribution >= 4 is 43.6 Å². The Morgan fingerprint density at radius 2 is 0.825 bits per heavy atom. The van der Waals surface area contributed by atoms with Crippen molar-refractivity contribution in [3.05, 3.63) is 200 Å². The van der Waals surface area contributed by atoms with Crippen LogP contribution in [0.1, 0.15) is 0 Å². The van der Waals surface area contributed by atoms with Gasteiger partial charge in [0, 0.05) is 21.5 Å². The number of hydrogen-bond donors (Lipinski definition) is 0. The number of benzene rings is 8. The number of fused-ring (bicyclic) bond motifs is 6. The summed E-state index contributed by atoms with van der Waals surface area (Å²) in [4.78, 5) is 15.9. The molecule has 3 heterocycles. The summed E-state index contributed by atoms with van der Waals surface area (Å²) in [6, 6.07) is 72.1. The Kier molecular flexibility index (Phi) is 8.87. The fourth-order valence-electron chi connectivity index (χ4n) is 7.97. The Morgan fingerprint density at radius 1 is 0.351 bits per heavy atom. The minimum absolute atomic E-state index is 0. The molecule has 0 aliphatic carbocycles. The van der Waals surface area contributed by atoms with Gasteiger partial charge in [-0.1, -0.05) is 115 Å². The van der Waals surface area contributed by atoms with E-state index in [1.54, 1.807) is 0 Å². The molecule has 3 aromatic heterocycles. The summed E-state index contributed by atoms with van der Waals surface area (Å²) in [7, 11) is 0. The smallest absolute Gasteiger partial charge is 0.278 e. The Hall–Kier alpha value is -6.58. The monoisotopic (exact) mass is 951 g/mol. The predicted molar refractivity (Wildman–Crippen MR) is 228 cm³/mol. The van der Waals surface area contributed by atoms with Gasteiger partial charge in [0.25, 0.3) is 0 Å². The standard InChI is InChI=1S/C51H31N5.U/c1-4-14-34(15-5-1)37-24-26-38(27-25-37)49-52-50(55-45-22-12-10-20-41(45)43-32-39(28-30-47(43)55)35-16-6-2-7-17-35)54-51(53-49)56-46-23-13-11-21-42(46)44-33-40(29-31-48(44)56)36-18-8-3-9-19-36;/h1-14,16-24,26-33H;/q-2;+2. The zero-order valence-corrected chi connectivity index (χ0v) is 34.8. The second-order valence-electron chi connectivity index (χ2n) is 13.9. The molecule has 0 spiro atoms. The Morgan fingerprint density at radius 3 is 1.33 bits per heavy atom. The summed E-state index contributed by atoms with van der Waals surface area (Å²) in [5.74, 6) is 1.63. The van der Waals surface area contributed by atoms with Crippen molar-refractivity contribution in [1.29, 1.82) is 0 Å². The van der Waals surface area contributed by atoms with Gasteiger partial charge in [-0.25, -0.2) is 21.1 Å². The zero-order valence-electron chi connectivity index (χ0n) is 30.6. The molecule has 0 fully saturated rings. The van der Waals surface area contributed by atoms with Gasteiger partial charge in [-0.15, -0.1) is 18.2 Å². The van der Waals surface area contributed by atoms with Crippen LogP contribution in [0.25, 0.3) is 100 Å². The van der Waals surface area contributed by atoms with Gasteiger partial charge in [0.1, 0.15) is 5.82 Å². The molecule has 0 N–H and O–H groups in total. The van der Waals surface area contributed by atoms with Crippen LogP contribution in [0.3, 0.4) is 0 Å². The molecule has 6 heteroatoms. The third-order valence-electron chi connectivity index (χ3n) is 10.6. The second-order valence-corrected chi connectivity index (χ2v) is 13.9. The fraction of sp³-hybridized carbons (Fsp3) is 0. The van der Waals surface area contributed by atoms with Crippen molar-refractivity contribution in [2.24, 2.45) is 0 Å². The molecule has 0 unspecified atom stereocenters. The normalized spacial score (nSPS) is 11.4. The molecule has 0 bridgehead atoms. The predicted octanol–water partition coefficient (Wildman–Crippen LogP) is 12.3. The Balaban J connectivity index is 0.00000396. The van der Waals surface area contributed by atoms with Crippen molar-refractivity contribution in [2.45, 2.75) is 0 Å². The quantitative estimate of drug-likeness (QED) is 0.156. The van der Waals surface area contributed by atoms with Gasteiger partial charge in [0.05, 0.1) is 22.1 Å². The summed E-state index contributed by atoms with van der Waals surface area (Å²) < 4.78 is 4.35. The summed E-state index contributed by atoms with van der Waals surface area (Å²) in [5, 5.41) is 4.52. The van der Waals surface area contributed by atoms with Crippen molar-refractivity contribution in [2.75, 3.05) is 0 Å². The number of aromatic nitrogens is 5. The Bertz CT molecular complexity index is 3050. The van der Waals surface area contributed by atoms with Crippen LogP contribution in [0.4, 0.5) is 0 Å². The van der Waals surface area contributed by atoms with Gasteiger partial charge >= 0.3 is 31.1 Å². The second kappa shape index (κ2) is 14.5.